The summed E-state index contributed by atoms with van der Waals surface area (Å²) in [4.78, 5) is 4.84. The van der Waals surface area contributed by atoms with Gasteiger partial charge in [0.15, 0.2) is 15.7 Å². The van der Waals surface area contributed by atoms with Crippen molar-refractivity contribution in [2.45, 2.75) is 24.2 Å². The summed E-state index contributed by atoms with van der Waals surface area (Å²) in [6.07, 6.45) is 3.65. The van der Waals surface area contributed by atoms with Crippen LogP contribution in [0.25, 0.3) is 11.5 Å². The van der Waals surface area contributed by atoms with Crippen molar-refractivity contribution in [2.24, 2.45) is 7.05 Å². The molecule has 1 aliphatic rings. The molecule has 8 heteroatoms. The second-order valence-electron chi connectivity index (χ2n) is 5.88. The second kappa shape index (κ2) is 5.55. The molecule has 3 aromatic rings. The quantitative estimate of drug-likeness (QED) is 0.719. The van der Waals surface area contributed by atoms with E-state index < -0.39 is 9.84 Å². The fourth-order valence-corrected chi connectivity index (χ4v) is 4.53. The van der Waals surface area contributed by atoms with Crippen LogP contribution in [-0.4, -0.2) is 34.1 Å². The van der Waals surface area contributed by atoms with Gasteiger partial charge in [-0.3, -0.25) is 4.68 Å². The van der Waals surface area contributed by atoms with Crippen LogP contribution in [0.1, 0.15) is 23.5 Å². The van der Waals surface area contributed by atoms with E-state index in [2.05, 4.69) is 15.2 Å². The monoisotopic (exact) mass is 344 g/mol. The van der Waals surface area contributed by atoms with Gasteiger partial charge < -0.3 is 4.52 Å². The van der Waals surface area contributed by atoms with Gasteiger partial charge in [0.2, 0.25) is 0 Å². The van der Waals surface area contributed by atoms with Gasteiger partial charge in [0.05, 0.1) is 17.1 Å². The second-order valence-corrected chi connectivity index (χ2v) is 7.96. The zero-order chi connectivity index (χ0) is 16.7. The fourth-order valence-electron chi connectivity index (χ4n) is 2.95. The summed E-state index contributed by atoms with van der Waals surface area (Å²) < 4.78 is 31.3. The van der Waals surface area contributed by atoms with Gasteiger partial charge in [-0.05, 0) is 42.7 Å². The third-order valence-electron chi connectivity index (χ3n) is 4.23. The molecule has 7 nitrogen and oxygen atoms in total. The average molecular weight is 344 g/mol. The highest BCUT2D eigenvalue weighted by atomic mass is 32.2. The Morgan fingerprint density at radius 2 is 2.17 bits per heavy atom. The molecule has 0 aliphatic carbocycles. The normalized spacial score (nSPS) is 16.0. The van der Waals surface area contributed by atoms with Crippen molar-refractivity contribution in [1.29, 1.82) is 0 Å². The van der Waals surface area contributed by atoms with Crippen LogP contribution in [0.4, 0.5) is 0 Å². The van der Waals surface area contributed by atoms with E-state index in [4.69, 9.17) is 4.52 Å². The van der Waals surface area contributed by atoms with Crippen molar-refractivity contribution in [1.82, 2.24) is 19.9 Å². The Labute approximate surface area is 139 Å². The molecule has 1 aromatic carbocycles. The summed E-state index contributed by atoms with van der Waals surface area (Å²) in [5.41, 5.74) is 2.55. The van der Waals surface area contributed by atoms with Crippen molar-refractivity contribution < 1.29 is 12.9 Å². The molecule has 124 valence electrons. The zero-order valence-corrected chi connectivity index (χ0v) is 14.0. The highest BCUT2D eigenvalue weighted by Crippen LogP contribution is 2.29. The largest absolute Gasteiger partial charge is 0.334 e. The van der Waals surface area contributed by atoms with E-state index in [1.807, 2.05) is 19.2 Å². The molecule has 0 N–H and O–H groups in total. The molecule has 0 radical (unpaired) electrons. The highest BCUT2D eigenvalue weighted by molar-refractivity contribution is 7.91. The number of fused-ring (bicyclic) bond motifs is 1. The maximum absolute atomic E-state index is 12.1. The van der Waals surface area contributed by atoms with Crippen LogP contribution in [0.2, 0.25) is 0 Å². The van der Waals surface area contributed by atoms with Gasteiger partial charge in [0, 0.05) is 24.5 Å². The number of rotatable bonds is 3. The Bertz CT molecular complexity index is 1000. The predicted molar refractivity (Wildman–Crippen MR) is 86.1 cm³/mol. The van der Waals surface area contributed by atoms with Crippen LogP contribution in [-0.2, 0) is 29.7 Å². The van der Waals surface area contributed by atoms with Crippen molar-refractivity contribution >= 4 is 9.84 Å². The third-order valence-corrected chi connectivity index (χ3v) is 6.13. The minimum absolute atomic E-state index is 0.217. The molecule has 1 aliphatic heterocycles. The van der Waals surface area contributed by atoms with Gasteiger partial charge in [-0.2, -0.15) is 10.1 Å². The van der Waals surface area contributed by atoms with Crippen LogP contribution in [0.3, 0.4) is 0 Å². The van der Waals surface area contributed by atoms with E-state index in [1.165, 1.54) is 0 Å². The van der Waals surface area contributed by atoms with Gasteiger partial charge >= 0.3 is 0 Å². The van der Waals surface area contributed by atoms with Gasteiger partial charge in [-0.15, -0.1) is 0 Å². The Hall–Kier alpha value is -2.48. The van der Waals surface area contributed by atoms with E-state index in [9.17, 15) is 8.42 Å². The molecule has 3 heterocycles. The van der Waals surface area contributed by atoms with E-state index in [0.717, 1.165) is 23.2 Å². The molecule has 0 amide bonds. The standard InChI is InChI=1S/C16H16N4O3S/c1-20-13(6-7-17-20)10-15-18-16(23-19-15)12-4-5-14-11(9-12)3-2-8-24(14,21)22/h4-7,9H,2-3,8,10H2,1H3. The molecule has 0 fully saturated rings. The number of nitrogens with zero attached hydrogens (tertiary/aromatic N) is 4. The summed E-state index contributed by atoms with van der Waals surface area (Å²) in [7, 11) is -1.29. The number of hydrogen-bond donors (Lipinski definition) is 0. The lowest BCUT2D eigenvalue weighted by molar-refractivity contribution is 0.423. The molecule has 0 atom stereocenters. The van der Waals surface area contributed by atoms with Gasteiger partial charge in [0.25, 0.3) is 5.89 Å². The molecule has 24 heavy (non-hydrogen) atoms. The number of aryl methyl sites for hydroxylation is 2. The first-order valence-electron chi connectivity index (χ1n) is 7.68. The van der Waals surface area contributed by atoms with E-state index in [1.54, 1.807) is 23.0 Å². The zero-order valence-electron chi connectivity index (χ0n) is 13.1. The Morgan fingerprint density at radius 3 is 2.96 bits per heavy atom. The third kappa shape index (κ3) is 2.62. The van der Waals surface area contributed by atoms with Crippen LogP contribution < -0.4 is 0 Å². The van der Waals surface area contributed by atoms with Crippen molar-refractivity contribution in [3.05, 3.63) is 47.5 Å². The van der Waals surface area contributed by atoms with Crippen molar-refractivity contribution in [2.75, 3.05) is 5.75 Å². The molecular weight excluding hydrogens is 328 g/mol. The predicted octanol–water partition coefficient (Wildman–Crippen LogP) is 1.78. The number of benzene rings is 1. The van der Waals surface area contributed by atoms with Crippen molar-refractivity contribution in [3.63, 3.8) is 0 Å². The lowest BCUT2D eigenvalue weighted by Crippen LogP contribution is -2.15. The summed E-state index contributed by atoms with van der Waals surface area (Å²) >= 11 is 0. The lowest BCUT2D eigenvalue weighted by Gasteiger charge is -2.16. The fraction of sp³-hybridized carbons (Fsp3) is 0.312. The maximum atomic E-state index is 12.1. The first kappa shape index (κ1) is 15.1. The molecule has 0 saturated heterocycles. The Kier molecular flexibility index (Phi) is 3.49. The van der Waals surface area contributed by atoms with Crippen LogP contribution >= 0.6 is 0 Å². The van der Waals surface area contributed by atoms with Gasteiger partial charge in [-0.1, -0.05) is 5.16 Å². The lowest BCUT2D eigenvalue weighted by atomic mass is 10.1. The highest BCUT2D eigenvalue weighted by Gasteiger charge is 2.24. The first-order valence-corrected chi connectivity index (χ1v) is 9.34. The topological polar surface area (TPSA) is 90.9 Å². The Morgan fingerprint density at radius 1 is 1.29 bits per heavy atom. The van der Waals surface area contributed by atoms with Gasteiger partial charge in [-0.25, -0.2) is 8.42 Å². The summed E-state index contributed by atoms with van der Waals surface area (Å²) in [5.74, 6) is 1.19. The Balaban J connectivity index is 1.64. The SMILES string of the molecule is Cn1nccc1Cc1noc(-c2ccc3c(c2)CCCS3(=O)=O)n1. The maximum Gasteiger partial charge on any atom is 0.257 e. The molecule has 2 aromatic heterocycles. The number of hydrogen-bond acceptors (Lipinski definition) is 6. The first-order chi connectivity index (χ1) is 11.5. The van der Waals surface area contributed by atoms with Crippen molar-refractivity contribution in [3.8, 4) is 11.5 Å². The minimum Gasteiger partial charge on any atom is -0.334 e. The number of sulfone groups is 1. The van der Waals surface area contributed by atoms with Crippen LogP contribution in [0.15, 0.2) is 39.9 Å². The van der Waals surface area contributed by atoms with Crippen LogP contribution in [0, 0.1) is 0 Å². The molecule has 0 unspecified atom stereocenters. The van der Waals surface area contributed by atoms with E-state index in [0.29, 0.717) is 29.5 Å². The van der Waals surface area contributed by atoms with Gasteiger partial charge in [0.1, 0.15) is 0 Å². The summed E-state index contributed by atoms with van der Waals surface area (Å²) in [6.45, 7) is 0. The minimum atomic E-state index is -3.15. The van der Waals surface area contributed by atoms with E-state index >= 15 is 0 Å². The number of aromatic nitrogens is 4. The molecule has 4 rings (SSSR count). The molecular formula is C16H16N4O3S. The summed E-state index contributed by atoms with van der Waals surface area (Å²) in [6, 6.07) is 7.11. The van der Waals surface area contributed by atoms with Crippen LogP contribution in [0.5, 0.6) is 0 Å². The summed E-state index contributed by atoms with van der Waals surface area (Å²) in [5, 5.41) is 8.12. The molecule has 0 saturated carbocycles. The molecule has 0 spiro atoms. The smallest absolute Gasteiger partial charge is 0.257 e. The molecule has 0 bridgehead atoms. The van der Waals surface area contributed by atoms with E-state index in [-0.39, 0.29) is 5.75 Å². The average Bonchev–Trinajstić information content (AvgIpc) is 3.17.